The molecule has 1 fully saturated rings. The van der Waals surface area contributed by atoms with Gasteiger partial charge in [0.2, 0.25) is 0 Å². The molecule has 1 aliphatic rings. The van der Waals surface area contributed by atoms with Crippen LogP contribution in [0.4, 0.5) is 16.2 Å². The quantitative estimate of drug-likeness (QED) is 0.913. The average molecular weight is 340 g/mol. The van der Waals surface area contributed by atoms with Crippen molar-refractivity contribution in [2.24, 2.45) is 7.05 Å². The lowest BCUT2D eigenvalue weighted by Gasteiger charge is -2.36. The number of nitrogens with zero attached hydrogens (tertiary/aromatic N) is 3. The molecule has 2 amide bonds. The van der Waals surface area contributed by atoms with Crippen molar-refractivity contribution in [2.75, 3.05) is 36.4 Å². The van der Waals surface area contributed by atoms with E-state index < -0.39 is 0 Å². The molecule has 2 heterocycles. The van der Waals surface area contributed by atoms with Gasteiger partial charge in [0.1, 0.15) is 5.69 Å². The van der Waals surface area contributed by atoms with Crippen molar-refractivity contribution < 1.29 is 4.79 Å². The molecule has 1 aromatic carbocycles. The molecule has 0 spiro atoms. The first-order chi connectivity index (χ1) is 12.0. The Morgan fingerprint density at radius 1 is 1.08 bits per heavy atom. The van der Waals surface area contributed by atoms with Gasteiger partial charge in [-0.1, -0.05) is 12.1 Å². The van der Waals surface area contributed by atoms with Crippen LogP contribution < -0.4 is 15.8 Å². The highest BCUT2D eigenvalue weighted by atomic mass is 16.2. The van der Waals surface area contributed by atoms with Gasteiger partial charge >= 0.3 is 6.03 Å². The Labute approximate surface area is 147 Å². The lowest BCUT2D eigenvalue weighted by molar-refractivity contribution is 0.208. The lowest BCUT2D eigenvalue weighted by atomic mass is 10.2. The third-order valence-corrected chi connectivity index (χ3v) is 4.64. The zero-order valence-corrected chi connectivity index (χ0v) is 15.0. The largest absolute Gasteiger partial charge is 0.368 e. The summed E-state index contributed by atoms with van der Waals surface area (Å²) >= 11 is 0. The second kappa shape index (κ2) is 7.01. The normalized spacial score (nSPS) is 14.5. The van der Waals surface area contributed by atoms with Gasteiger partial charge in [-0.25, -0.2) is 4.79 Å². The molecule has 0 bridgehead atoms. The molecule has 132 valence electrons. The molecule has 6 nitrogen and oxygen atoms in total. The first kappa shape index (κ1) is 17.1. The van der Waals surface area contributed by atoms with Crippen LogP contribution in [0.25, 0.3) is 0 Å². The Kier molecular flexibility index (Phi) is 4.79. The number of hydrogen-bond donors (Lipinski definition) is 1. The number of nitrogens with one attached hydrogen (secondary N) is 1. The summed E-state index contributed by atoms with van der Waals surface area (Å²) in [4.78, 5) is 28.8. The highest BCUT2D eigenvalue weighted by molar-refractivity contribution is 5.90. The van der Waals surface area contributed by atoms with Gasteiger partial charge in [-0.15, -0.1) is 0 Å². The molecule has 0 atom stereocenters. The molecular formula is C19H24N4O2. The number of carbonyl (C=O) groups is 1. The van der Waals surface area contributed by atoms with Crippen LogP contribution in [0, 0.1) is 13.8 Å². The minimum absolute atomic E-state index is 0.188. The maximum atomic E-state index is 12.5. The number of carbonyl (C=O) groups excluding carboxylic acids is 1. The lowest BCUT2D eigenvalue weighted by Crippen LogP contribution is -2.50. The molecule has 2 aromatic rings. The molecule has 3 rings (SSSR count). The highest BCUT2D eigenvalue weighted by Gasteiger charge is 2.22. The number of amides is 2. The molecule has 1 aromatic heterocycles. The van der Waals surface area contributed by atoms with Gasteiger partial charge in [0.05, 0.1) is 0 Å². The fourth-order valence-electron chi connectivity index (χ4n) is 3.05. The standard InChI is InChI=1S/C19H24N4O2/c1-14-5-4-6-16(13-14)22-9-11-23(12-10-22)19(25)20-17-15(2)7-8-21(3)18(17)24/h4-8,13H,9-12H2,1-3H3,(H,20,25). The zero-order valence-electron chi connectivity index (χ0n) is 15.0. The van der Waals surface area contributed by atoms with Crippen LogP contribution >= 0.6 is 0 Å². The second-order valence-corrected chi connectivity index (χ2v) is 6.53. The highest BCUT2D eigenvalue weighted by Crippen LogP contribution is 2.18. The summed E-state index contributed by atoms with van der Waals surface area (Å²) in [5.41, 5.74) is 3.36. The van der Waals surface area contributed by atoms with E-state index in [2.05, 4.69) is 41.4 Å². The van der Waals surface area contributed by atoms with E-state index in [0.29, 0.717) is 18.8 Å². The first-order valence-electron chi connectivity index (χ1n) is 8.49. The van der Waals surface area contributed by atoms with Crippen LogP contribution in [0.1, 0.15) is 11.1 Å². The predicted octanol–water partition coefficient (Wildman–Crippen LogP) is 2.36. The molecule has 0 radical (unpaired) electrons. The van der Waals surface area contributed by atoms with E-state index >= 15 is 0 Å². The Balaban J connectivity index is 1.64. The monoisotopic (exact) mass is 340 g/mol. The Morgan fingerprint density at radius 2 is 1.80 bits per heavy atom. The number of aromatic nitrogens is 1. The van der Waals surface area contributed by atoms with E-state index in [0.717, 1.165) is 18.7 Å². The third-order valence-electron chi connectivity index (χ3n) is 4.64. The minimum atomic E-state index is -0.213. The van der Waals surface area contributed by atoms with Gasteiger partial charge in [0, 0.05) is 45.1 Å². The summed E-state index contributed by atoms with van der Waals surface area (Å²) < 4.78 is 1.47. The number of aryl methyl sites for hydroxylation is 3. The third kappa shape index (κ3) is 3.68. The van der Waals surface area contributed by atoms with E-state index in [9.17, 15) is 9.59 Å². The Hall–Kier alpha value is -2.76. The van der Waals surface area contributed by atoms with Crippen LogP contribution in [0.2, 0.25) is 0 Å². The van der Waals surface area contributed by atoms with Gasteiger partial charge in [0.25, 0.3) is 5.56 Å². The molecule has 1 saturated heterocycles. The van der Waals surface area contributed by atoms with Crippen molar-refractivity contribution in [1.29, 1.82) is 0 Å². The second-order valence-electron chi connectivity index (χ2n) is 6.53. The van der Waals surface area contributed by atoms with Crippen LogP contribution in [0.15, 0.2) is 41.3 Å². The number of anilines is 2. The van der Waals surface area contributed by atoms with Crippen LogP contribution in [0.5, 0.6) is 0 Å². The van der Waals surface area contributed by atoms with E-state index in [1.54, 1.807) is 18.1 Å². The number of piperazine rings is 1. The molecule has 25 heavy (non-hydrogen) atoms. The Bertz CT molecular complexity index is 836. The van der Waals surface area contributed by atoms with Gasteiger partial charge in [-0.05, 0) is 43.2 Å². The molecule has 0 saturated carbocycles. The maximum Gasteiger partial charge on any atom is 0.322 e. The smallest absolute Gasteiger partial charge is 0.322 e. The molecule has 1 N–H and O–H groups in total. The topological polar surface area (TPSA) is 57.6 Å². The van der Waals surface area contributed by atoms with E-state index in [1.807, 2.05) is 13.0 Å². The summed E-state index contributed by atoms with van der Waals surface area (Å²) in [6, 6.07) is 10.0. The van der Waals surface area contributed by atoms with Crippen LogP contribution in [0.3, 0.4) is 0 Å². The van der Waals surface area contributed by atoms with Gasteiger partial charge in [-0.2, -0.15) is 0 Å². The minimum Gasteiger partial charge on any atom is -0.368 e. The fourth-order valence-corrected chi connectivity index (χ4v) is 3.05. The van der Waals surface area contributed by atoms with Gasteiger partial charge in [0.15, 0.2) is 0 Å². The van der Waals surface area contributed by atoms with Gasteiger partial charge in [-0.3, -0.25) is 4.79 Å². The predicted molar refractivity (Wildman–Crippen MR) is 100 cm³/mol. The van der Waals surface area contributed by atoms with Crippen LogP contribution in [-0.4, -0.2) is 41.7 Å². The van der Waals surface area contributed by atoms with Crippen molar-refractivity contribution >= 4 is 17.4 Å². The summed E-state index contributed by atoms with van der Waals surface area (Å²) in [6.07, 6.45) is 1.70. The SMILES string of the molecule is Cc1cccc(N2CCN(C(=O)Nc3c(C)ccn(C)c3=O)CC2)c1. The first-order valence-corrected chi connectivity index (χ1v) is 8.49. The summed E-state index contributed by atoms with van der Waals surface area (Å²) in [5.74, 6) is 0. The number of pyridine rings is 1. The van der Waals surface area contributed by atoms with Gasteiger partial charge < -0.3 is 19.7 Å². The molecule has 1 aliphatic heterocycles. The summed E-state index contributed by atoms with van der Waals surface area (Å²) in [7, 11) is 1.68. The molecule has 0 unspecified atom stereocenters. The van der Waals surface area contributed by atoms with E-state index in [-0.39, 0.29) is 11.6 Å². The Morgan fingerprint density at radius 3 is 2.48 bits per heavy atom. The van der Waals surface area contributed by atoms with E-state index in [4.69, 9.17) is 0 Å². The van der Waals surface area contributed by atoms with Crippen molar-refractivity contribution in [3.05, 3.63) is 58.0 Å². The number of urea groups is 1. The van der Waals surface area contributed by atoms with Crippen LogP contribution in [-0.2, 0) is 7.05 Å². The van der Waals surface area contributed by atoms with E-state index in [1.165, 1.54) is 15.8 Å². The summed E-state index contributed by atoms with van der Waals surface area (Å²) in [6.45, 7) is 6.73. The van der Waals surface area contributed by atoms with Crippen molar-refractivity contribution in [1.82, 2.24) is 9.47 Å². The molecule has 6 heteroatoms. The molecule has 0 aliphatic carbocycles. The number of benzene rings is 1. The number of rotatable bonds is 2. The maximum absolute atomic E-state index is 12.5. The van der Waals surface area contributed by atoms with Crippen molar-refractivity contribution in [2.45, 2.75) is 13.8 Å². The summed E-state index contributed by atoms with van der Waals surface area (Å²) in [5, 5.41) is 2.79. The zero-order chi connectivity index (χ0) is 18.0. The fraction of sp³-hybridized carbons (Fsp3) is 0.368. The molecular weight excluding hydrogens is 316 g/mol. The number of hydrogen-bond acceptors (Lipinski definition) is 3. The van der Waals surface area contributed by atoms with Crippen molar-refractivity contribution in [3.8, 4) is 0 Å². The average Bonchev–Trinajstić information content (AvgIpc) is 2.62. The van der Waals surface area contributed by atoms with Crippen molar-refractivity contribution in [3.63, 3.8) is 0 Å².